The van der Waals surface area contributed by atoms with E-state index in [2.05, 4.69) is 5.32 Å². The van der Waals surface area contributed by atoms with Crippen LogP contribution >= 0.6 is 0 Å². The predicted octanol–water partition coefficient (Wildman–Crippen LogP) is 1.00. The van der Waals surface area contributed by atoms with Crippen LogP contribution in [-0.4, -0.2) is 49.4 Å². The third-order valence-electron chi connectivity index (χ3n) is 2.14. The summed E-state index contributed by atoms with van der Waals surface area (Å²) >= 11 is 0. The molecule has 0 heterocycles. The van der Waals surface area contributed by atoms with Gasteiger partial charge in [-0.05, 0) is 13.3 Å². The summed E-state index contributed by atoms with van der Waals surface area (Å²) in [5.74, 6) is 0. The highest BCUT2D eigenvalue weighted by atomic mass is 28.4. The Morgan fingerprint density at radius 2 is 1.75 bits per heavy atom. The van der Waals surface area contributed by atoms with Gasteiger partial charge in [-0.15, -0.1) is 0 Å². The van der Waals surface area contributed by atoms with E-state index in [1.807, 2.05) is 0 Å². The molecule has 16 heavy (non-hydrogen) atoms. The van der Waals surface area contributed by atoms with Crippen molar-refractivity contribution in [3.05, 3.63) is 0 Å². The predicted molar refractivity (Wildman–Crippen MR) is 61.2 cm³/mol. The quantitative estimate of drug-likeness (QED) is 0.515. The van der Waals surface area contributed by atoms with Gasteiger partial charge in [0.1, 0.15) is 0 Å². The highest BCUT2D eigenvalue weighted by Gasteiger charge is 2.36. The van der Waals surface area contributed by atoms with E-state index in [0.717, 1.165) is 6.42 Å². The van der Waals surface area contributed by atoms with Gasteiger partial charge in [0.15, 0.2) is 0 Å². The molecule has 0 saturated heterocycles. The van der Waals surface area contributed by atoms with E-state index < -0.39 is 14.9 Å². The Morgan fingerprint density at radius 3 is 2.19 bits per heavy atom. The molecule has 0 saturated carbocycles. The van der Waals surface area contributed by atoms with E-state index in [0.29, 0.717) is 19.2 Å². The van der Waals surface area contributed by atoms with Crippen LogP contribution in [-0.2, 0) is 18.0 Å². The van der Waals surface area contributed by atoms with Crippen LogP contribution in [0.5, 0.6) is 0 Å². The Bertz CT molecular complexity index is 190. The zero-order valence-corrected chi connectivity index (χ0v) is 11.4. The molecule has 0 aliphatic heterocycles. The van der Waals surface area contributed by atoms with Crippen molar-refractivity contribution >= 4 is 14.9 Å². The summed E-state index contributed by atoms with van der Waals surface area (Å²) in [6.07, 6.45) is 0.322. The molecule has 0 aromatic rings. The van der Waals surface area contributed by atoms with Gasteiger partial charge in [-0.2, -0.15) is 0 Å². The van der Waals surface area contributed by atoms with Crippen LogP contribution in [0.4, 0.5) is 4.79 Å². The van der Waals surface area contributed by atoms with Crippen LogP contribution in [0.2, 0.25) is 6.04 Å². The number of hydrogen-bond donors (Lipinski definition) is 1. The third kappa shape index (κ3) is 5.45. The van der Waals surface area contributed by atoms with Gasteiger partial charge in [0.2, 0.25) is 0 Å². The summed E-state index contributed by atoms with van der Waals surface area (Å²) in [4.78, 5) is 11.0. The second-order valence-corrected chi connectivity index (χ2v) is 6.14. The zero-order valence-electron chi connectivity index (χ0n) is 10.4. The molecular formula is C9H21NO5Si. The van der Waals surface area contributed by atoms with Crippen molar-refractivity contribution in [1.82, 2.24) is 5.32 Å². The third-order valence-corrected chi connectivity index (χ3v) is 4.97. The molecule has 0 rings (SSSR count). The molecule has 0 unspecified atom stereocenters. The van der Waals surface area contributed by atoms with E-state index in [1.54, 1.807) is 28.3 Å². The fourth-order valence-corrected chi connectivity index (χ4v) is 2.96. The molecule has 1 N–H and O–H groups in total. The normalized spacial score (nSPS) is 11.2. The lowest BCUT2D eigenvalue weighted by atomic mass is 10.5. The van der Waals surface area contributed by atoms with Crippen LogP contribution in [0.25, 0.3) is 0 Å². The van der Waals surface area contributed by atoms with E-state index >= 15 is 0 Å². The molecule has 1 amide bonds. The minimum Gasteiger partial charge on any atom is -0.450 e. The molecule has 0 aliphatic carbocycles. The van der Waals surface area contributed by atoms with Gasteiger partial charge in [0.05, 0.1) is 6.61 Å². The van der Waals surface area contributed by atoms with Crippen molar-refractivity contribution < 1.29 is 22.8 Å². The number of alkyl carbamates (subject to hydrolysis) is 1. The molecule has 0 spiro atoms. The molecule has 96 valence electrons. The Labute approximate surface area is 97.6 Å². The molecule has 0 aromatic carbocycles. The first-order valence-corrected chi connectivity index (χ1v) is 7.13. The molecule has 6 nitrogen and oxygen atoms in total. The maximum Gasteiger partial charge on any atom is 0.500 e. The lowest BCUT2D eigenvalue weighted by Crippen LogP contribution is -2.43. The molecular weight excluding hydrogens is 230 g/mol. The van der Waals surface area contributed by atoms with E-state index in [4.69, 9.17) is 18.0 Å². The van der Waals surface area contributed by atoms with E-state index in [-0.39, 0.29) is 0 Å². The van der Waals surface area contributed by atoms with Crippen LogP contribution in [0.3, 0.4) is 0 Å². The molecule has 0 aromatic heterocycles. The molecule has 0 atom stereocenters. The van der Waals surface area contributed by atoms with Crippen molar-refractivity contribution in [1.29, 1.82) is 0 Å². The number of rotatable bonds is 8. The highest BCUT2D eigenvalue weighted by molar-refractivity contribution is 6.60. The smallest absolute Gasteiger partial charge is 0.450 e. The summed E-state index contributed by atoms with van der Waals surface area (Å²) < 4.78 is 20.4. The highest BCUT2D eigenvalue weighted by Crippen LogP contribution is 2.14. The summed E-state index contributed by atoms with van der Waals surface area (Å²) in [7, 11) is 2.20. The van der Waals surface area contributed by atoms with Gasteiger partial charge in [0.25, 0.3) is 0 Å². The number of hydrogen-bond acceptors (Lipinski definition) is 5. The van der Waals surface area contributed by atoms with E-state index in [9.17, 15) is 4.79 Å². The van der Waals surface area contributed by atoms with Crippen molar-refractivity contribution in [3.8, 4) is 0 Å². The summed E-state index contributed by atoms with van der Waals surface area (Å²) in [6.45, 7) is 2.65. The molecule has 0 fully saturated rings. The van der Waals surface area contributed by atoms with Gasteiger partial charge >= 0.3 is 14.9 Å². The van der Waals surface area contributed by atoms with Gasteiger partial charge in [-0.25, -0.2) is 4.79 Å². The zero-order chi connectivity index (χ0) is 12.4. The summed E-state index contributed by atoms with van der Waals surface area (Å²) in [5, 5.41) is 2.62. The van der Waals surface area contributed by atoms with Gasteiger partial charge in [-0.3, -0.25) is 0 Å². The SMILES string of the molecule is CCOC(=O)NCCC[Si](OC)(OC)OC. The van der Waals surface area contributed by atoms with Gasteiger partial charge in [-0.1, -0.05) is 0 Å². The van der Waals surface area contributed by atoms with Gasteiger partial charge < -0.3 is 23.3 Å². The Morgan fingerprint density at radius 1 is 1.19 bits per heavy atom. The summed E-state index contributed by atoms with van der Waals surface area (Å²) in [6, 6.07) is 0.656. The van der Waals surface area contributed by atoms with Crippen LogP contribution in [0.1, 0.15) is 13.3 Å². The number of amides is 1. The maximum absolute atomic E-state index is 11.0. The Hall–Kier alpha value is -0.633. The number of carbonyl (C=O) groups is 1. The Kier molecular flexibility index (Phi) is 8.17. The standard InChI is InChI=1S/C9H21NO5Si/c1-5-15-9(11)10-7-6-8-16(12-2,13-3)14-4/h5-8H2,1-4H3,(H,10,11). The summed E-state index contributed by atoms with van der Waals surface area (Å²) in [5.41, 5.74) is 0. The molecule has 7 heteroatoms. The second kappa shape index (κ2) is 8.51. The van der Waals surface area contributed by atoms with Crippen LogP contribution in [0, 0.1) is 0 Å². The molecule has 0 bridgehead atoms. The second-order valence-electron chi connectivity index (χ2n) is 3.05. The number of nitrogens with one attached hydrogen (secondary N) is 1. The number of ether oxygens (including phenoxy) is 1. The first kappa shape index (κ1) is 15.4. The Balaban J connectivity index is 3.74. The minimum atomic E-state index is -2.50. The molecule has 0 aliphatic rings. The minimum absolute atomic E-state index is 0.374. The average Bonchev–Trinajstić information content (AvgIpc) is 2.31. The van der Waals surface area contributed by atoms with E-state index in [1.165, 1.54) is 0 Å². The lowest BCUT2D eigenvalue weighted by molar-refractivity contribution is 0.122. The average molecular weight is 251 g/mol. The largest absolute Gasteiger partial charge is 0.500 e. The fourth-order valence-electron chi connectivity index (χ4n) is 1.23. The van der Waals surface area contributed by atoms with Crippen molar-refractivity contribution in [2.24, 2.45) is 0 Å². The van der Waals surface area contributed by atoms with Crippen molar-refractivity contribution in [2.75, 3.05) is 34.5 Å². The maximum atomic E-state index is 11.0. The van der Waals surface area contributed by atoms with Crippen LogP contribution < -0.4 is 5.32 Å². The molecule has 0 radical (unpaired) electrons. The van der Waals surface area contributed by atoms with Gasteiger partial charge in [0, 0.05) is 33.9 Å². The fraction of sp³-hybridized carbons (Fsp3) is 0.889. The number of carbonyl (C=O) groups excluding carboxylic acids is 1. The monoisotopic (exact) mass is 251 g/mol. The first-order chi connectivity index (χ1) is 7.64. The van der Waals surface area contributed by atoms with Crippen molar-refractivity contribution in [2.45, 2.75) is 19.4 Å². The lowest BCUT2D eigenvalue weighted by Gasteiger charge is -2.24. The topological polar surface area (TPSA) is 66.0 Å². The van der Waals surface area contributed by atoms with Crippen molar-refractivity contribution in [3.63, 3.8) is 0 Å². The first-order valence-electron chi connectivity index (χ1n) is 5.20. The van der Waals surface area contributed by atoms with Crippen LogP contribution in [0.15, 0.2) is 0 Å².